The van der Waals surface area contributed by atoms with E-state index in [1.165, 1.54) is 10.4 Å². The number of hydrogen-bond acceptors (Lipinski definition) is 5. The molecule has 3 aromatic heterocycles. The Labute approximate surface area is 167 Å². The van der Waals surface area contributed by atoms with Gasteiger partial charge in [-0.15, -0.1) is 11.3 Å². The van der Waals surface area contributed by atoms with E-state index in [9.17, 15) is 0 Å². The second-order valence-electron chi connectivity index (χ2n) is 7.54. The second kappa shape index (κ2) is 6.48. The van der Waals surface area contributed by atoms with Gasteiger partial charge in [-0.3, -0.25) is 0 Å². The molecule has 1 saturated heterocycles. The number of rotatable bonds is 2. The molecule has 1 fully saturated rings. The summed E-state index contributed by atoms with van der Waals surface area (Å²) in [5.74, 6) is 0.628. The molecule has 142 valence electrons. The minimum absolute atomic E-state index is 0.167. The molecule has 0 aromatic carbocycles. The zero-order valence-electron chi connectivity index (χ0n) is 15.3. The van der Waals surface area contributed by atoms with Gasteiger partial charge in [0, 0.05) is 29.1 Å². The zero-order chi connectivity index (χ0) is 18.6. The molecule has 0 radical (unpaired) electrons. The van der Waals surface area contributed by atoms with Gasteiger partial charge in [0.1, 0.15) is 5.60 Å². The third-order valence-electron chi connectivity index (χ3n) is 5.65. The van der Waals surface area contributed by atoms with Crippen molar-refractivity contribution in [2.24, 2.45) is 0 Å². The highest BCUT2D eigenvalue weighted by Gasteiger charge is 2.46. The van der Waals surface area contributed by atoms with Crippen molar-refractivity contribution in [2.45, 2.75) is 43.9 Å². The summed E-state index contributed by atoms with van der Waals surface area (Å²) in [7, 11) is 1.64. The van der Waals surface area contributed by atoms with Crippen LogP contribution in [0, 0.1) is 0 Å². The molecule has 0 bridgehead atoms. The summed E-state index contributed by atoms with van der Waals surface area (Å²) in [6.45, 7) is 2.98. The molecule has 27 heavy (non-hydrogen) atoms. The van der Waals surface area contributed by atoms with Gasteiger partial charge in [0.05, 0.1) is 35.1 Å². The molecule has 1 spiro atoms. The number of hydrogen-bond donors (Lipinski definition) is 2. The summed E-state index contributed by atoms with van der Waals surface area (Å²) in [5.41, 5.74) is 4.16. The molecular formula is C20H22ClN3O2S. The average molecular weight is 404 g/mol. The summed E-state index contributed by atoms with van der Waals surface area (Å²) < 4.78 is 12.6. The van der Waals surface area contributed by atoms with Gasteiger partial charge in [-0.05, 0) is 43.5 Å². The zero-order valence-corrected chi connectivity index (χ0v) is 16.9. The van der Waals surface area contributed by atoms with Crippen molar-refractivity contribution in [3.05, 3.63) is 44.7 Å². The first-order valence-electron chi connectivity index (χ1n) is 9.29. The molecule has 0 amide bonds. The smallest absolute Gasteiger partial charge is 0.213 e. The molecule has 2 N–H and O–H groups in total. The van der Waals surface area contributed by atoms with Crippen molar-refractivity contribution in [3.63, 3.8) is 0 Å². The fourth-order valence-corrected chi connectivity index (χ4v) is 6.04. The molecule has 5 rings (SSSR count). The summed E-state index contributed by atoms with van der Waals surface area (Å²) >= 11 is 8.02. The molecule has 0 saturated carbocycles. The predicted molar refractivity (Wildman–Crippen MR) is 108 cm³/mol. The van der Waals surface area contributed by atoms with Crippen molar-refractivity contribution < 1.29 is 9.47 Å². The lowest BCUT2D eigenvalue weighted by Gasteiger charge is -2.46. The van der Waals surface area contributed by atoms with Crippen molar-refractivity contribution in [1.82, 2.24) is 15.3 Å². The van der Waals surface area contributed by atoms with Gasteiger partial charge in [-0.25, -0.2) is 4.98 Å². The molecule has 5 nitrogen and oxygen atoms in total. The third-order valence-corrected chi connectivity index (χ3v) is 7.14. The lowest BCUT2D eigenvalue weighted by Crippen LogP contribution is -2.49. The van der Waals surface area contributed by atoms with Gasteiger partial charge in [0.2, 0.25) is 5.88 Å². The Morgan fingerprint density at radius 1 is 1.33 bits per heavy atom. The summed E-state index contributed by atoms with van der Waals surface area (Å²) in [6.07, 6.45) is 2.79. The fourth-order valence-electron chi connectivity index (χ4n) is 4.57. The van der Waals surface area contributed by atoms with Gasteiger partial charge < -0.3 is 19.8 Å². The summed E-state index contributed by atoms with van der Waals surface area (Å²) in [4.78, 5) is 9.39. The van der Waals surface area contributed by atoms with Crippen LogP contribution in [0.2, 0.25) is 4.34 Å². The van der Waals surface area contributed by atoms with Gasteiger partial charge in [0.25, 0.3) is 0 Å². The number of aromatic amines is 1. The highest BCUT2D eigenvalue weighted by molar-refractivity contribution is 7.16. The maximum absolute atomic E-state index is 6.44. The predicted octanol–water partition coefficient (Wildman–Crippen LogP) is 4.57. The molecule has 3 aromatic rings. The first-order valence-corrected chi connectivity index (χ1v) is 10.5. The average Bonchev–Trinajstić information content (AvgIpc) is 3.24. The van der Waals surface area contributed by atoms with E-state index in [0.717, 1.165) is 46.9 Å². The van der Waals surface area contributed by atoms with E-state index in [4.69, 9.17) is 21.1 Å². The molecular weight excluding hydrogens is 382 g/mol. The van der Waals surface area contributed by atoms with Crippen molar-refractivity contribution in [1.29, 1.82) is 0 Å². The topological polar surface area (TPSA) is 59.2 Å². The Morgan fingerprint density at radius 2 is 2.22 bits per heavy atom. The highest BCUT2D eigenvalue weighted by atomic mass is 35.5. The molecule has 3 atom stereocenters. The Morgan fingerprint density at radius 3 is 3.07 bits per heavy atom. The van der Waals surface area contributed by atoms with E-state index in [-0.39, 0.29) is 11.6 Å². The van der Waals surface area contributed by atoms with Crippen LogP contribution in [0.25, 0.3) is 11.0 Å². The van der Waals surface area contributed by atoms with E-state index in [0.29, 0.717) is 11.9 Å². The summed E-state index contributed by atoms with van der Waals surface area (Å²) in [6, 6.07) is 8.64. The maximum atomic E-state index is 6.44. The summed E-state index contributed by atoms with van der Waals surface area (Å²) in [5, 5.41) is 3.73. The van der Waals surface area contributed by atoms with Crippen LogP contribution >= 0.6 is 22.9 Å². The number of methoxy groups -OCH3 is 1. The first-order chi connectivity index (χ1) is 13.1. The van der Waals surface area contributed by atoms with Crippen LogP contribution in [0.4, 0.5) is 0 Å². The molecule has 2 aliphatic heterocycles. The number of aromatic nitrogens is 2. The Hall–Kier alpha value is -1.60. The molecule has 5 heterocycles. The van der Waals surface area contributed by atoms with Crippen LogP contribution < -0.4 is 10.1 Å². The number of thiophene rings is 1. The SMILES string of the molecule is COc1ccc2[nH]c([C@@H]3C[C@]4(C[C@H](C)N3)OCCc3cc(Cl)sc34)cc2n1. The first kappa shape index (κ1) is 17.5. The lowest BCUT2D eigenvalue weighted by molar-refractivity contribution is -0.0957. The maximum Gasteiger partial charge on any atom is 0.213 e. The Kier molecular flexibility index (Phi) is 4.20. The standard InChI is InChI=1S/C20H22ClN3O2S/c1-11-9-20(19-12(5-6-26-20)7-17(21)27-19)10-16(22-11)15-8-14-13(23-15)3-4-18(24-14)25-2/h3-4,7-8,11,16,22-23H,5-6,9-10H2,1-2H3/t11-,16-,20-/m0/s1. The van der Waals surface area contributed by atoms with E-state index in [1.807, 2.05) is 12.1 Å². The normalized spacial score (nSPS) is 27.8. The second-order valence-corrected chi connectivity index (χ2v) is 9.22. The van der Waals surface area contributed by atoms with E-state index >= 15 is 0 Å². The fraction of sp³-hybridized carbons (Fsp3) is 0.450. The largest absolute Gasteiger partial charge is 0.481 e. The van der Waals surface area contributed by atoms with E-state index < -0.39 is 0 Å². The van der Waals surface area contributed by atoms with E-state index in [1.54, 1.807) is 18.4 Å². The number of halogens is 1. The van der Waals surface area contributed by atoms with Gasteiger partial charge >= 0.3 is 0 Å². The number of nitrogens with one attached hydrogen (secondary N) is 2. The van der Waals surface area contributed by atoms with Crippen molar-refractivity contribution >= 4 is 34.0 Å². The van der Waals surface area contributed by atoms with Crippen LogP contribution in [-0.4, -0.2) is 29.7 Å². The Balaban J connectivity index is 1.53. The van der Waals surface area contributed by atoms with Gasteiger partial charge in [-0.1, -0.05) is 11.6 Å². The number of pyridine rings is 1. The molecule has 0 aliphatic carbocycles. The van der Waals surface area contributed by atoms with Gasteiger partial charge in [-0.2, -0.15) is 0 Å². The monoisotopic (exact) mass is 403 g/mol. The number of piperidine rings is 1. The molecule has 7 heteroatoms. The van der Waals surface area contributed by atoms with Crippen LogP contribution in [0.5, 0.6) is 5.88 Å². The van der Waals surface area contributed by atoms with Crippen LogP contribution in [0.15, 0.2) is 24.3 Å². The minimum atomic E-state index is -0.261. The third kappa shape index (κ3) is 2.95. The highest BCUT2D eigenvalue weighted by Crippen LogP contribution is 2.50. The molecule has 0 unspecified atom stereocenters. The van der Waals surface area contributed by atoms with Crippen LogP contribution in [0.3, 0.4) is 0 Å². The lowest BCUT2D eigenvalue weighted by atomic mass is 9.79. The van der Waals surface area contributed by atoms with Crippen LogP contribution in [-0.2, 0) is 16.8 Å². The quantitative estimate of drug-likeness (QED) is 0.658. The minimum Gasteiger partial charge on any atom is -0.481 e. The number of fused-ring (bicyclic) bond motifs is 3. The van der Waals surface area contributed by atoms with Crippen molar-refractivity contribution in [3.8, 4) is 5.88 Å². The van der Waals surface area contributed by atoms with E-state index in [2.05, 4.69) is 34.3 Å². The van der Waals surface area contributed by atoms with Crippen molar-refractivity contribution in [2.75, 3.05) is 13.7 Å². The number of H-pyrrole nitrogens is 1. The number of ether oxygens (including phenoxy) is 2. The Bertz CT molecular complexity index is 1000. The van der Waals surface area contributed by atoms with Crippen LogP contribution in [0.1, 0.15) is 41.9 Å². The molecule has 2 aliphatic rings. The van der Waals surface area contributed by atoms with Gasteiger partial charge in [0.15, 0.2) is 0 Å². The number of nitrogens with zero attached hydrogens (tertiary/aromatic N) is 1.